The zero-order valence-corrected chi connectivity index (χ0v) is 26.8. The van der Waals surface area contributed by atoms with Gasteiger partial charge in [-0.25, -0.2) is 0 Å². The molecule has 5 aromatic carbocycles. The van der Waals surface area contributed by atoms with Gasteiger partial charge in [0.05, 0.1) is 30.8 Å². The molecule has 1 heterocycles. The number of carbonyl (C=O) groups is 1. The summed E-state index contributed by atoms with van der Waals surface area (Å²) in [5.74, 6) is 0.751. The Labute approximate surface area is 286 Å². The Morgan fingerprint density at radius 2 is 1.17 bits per heavy atom. The molecule has 7 heteroatoms. The summed E-state index contributed by atoms with van der Waals surface area (Å²) in [7, 11) is -1.16. The van der Waals surface area contributed by atoms with Gasteiger partial charge in [-0.2, -0.15) is 0 Å². The fraction of sp³-hybridized carbons (Fsp3) is 0.244. The lowest BCUT2D eigenvalue weighted by atomic mass is 9.85. The molecule has 1 aliphatic heterocycles. The molecule has 0 bridgehead atoms. The minimum absolute atomic E-state index is 0.00485. The number of esters is 1. The predicted molar refractivity (Wildman–Crippen MR) is 184 cm³/mol. The van der Waals surface area contributed by atoms with E-state index in [1.165, 1.54) is 0 Å². The highest BCUT2D eigenvalue weighted by atomic mass is 16.5. The van der Waals surface area contributed by atoms with Crippen molar-refractivity contribution in [3.8, 4) is 28.7 Å². The van der Waals surface area contributed by atoms with Gasteiger partial charge in [-0.15, -0.1) is 0 Å². The van der Waals surface area contributed by atoms with Crippen LogP contribution >= 0.6 is 0 Å². The van der Waals surface area contributed by atoms with E-state index in [1.54, 1.807) is 19.2 Å². The maximum Gasteiger partial charge on any atom is 0.309 e. The number of cyclic esters (lactones) is 1. The highest BCUT2D eigenvalue weighted by molar-refractivity contribution is 5.75. The highest BCUT2D eigenvalue weighted by Crippen LogP contribution is 2.41. The highest BCUT2D eigenvalue weighted by Gasteiger charge is 2.37. The number of benzene rings is 5. The third-order valence-corrected chi connectivity index (χ3v) is 8.38. The monoisotopic (exact) mass is 647 g/mol. The van der Waals surface area contributed by atoms with Crippen molar-refractivity contribution in [2.75, 3.05) is 20.8 Å². The van der Waals surface area contributed by atoms with Crippen LogP contribution in [0.25, 0.3) is 0 Å². The van der Waals surface area contributed by atoms with E-state index in [4.69, 9.17) is 32.5 Å². The molecule has 0 amide bonds. The molecule has 0 N–H and O–H groups in total. The van der Waals surface area contributed by atoms with E-state index in [0.29, 0.717) is 35.8 Å². The predicted octanol–water partition coefficient (Wildman–Crippen LogP) is 8.02. The van der Waals surface area contributed by atoms with Gasteiger partial charge in [0.1, 0.15) is 19.8 Å². The summed E-state index contributed by atoms with van der Waals surface area (Å²) in [5.41, 5.74) is 4.47. The van der Waals surface area contributed by atoms with Gasteiger partial charge in [0.25, 0.3) is 0 Å². The van der Waals surface area contributed by atoms with Crippen LogP contribution in [0.4, 0.5) is 0 Å². The van der Waals surface area contributed by atoms with Crippen LogP contribution in [0.5, 0.6) is 28.7 Å². The molecule has 0 spiro atoms. The van der Waals surface area contributed by atoms with Gasteiger partial charge in [0.2, 0.25) is 5.75 Å². The van der Waals surface area contributed by atoms with E-state index >= 15 is 0 Å². The number of methoxy groups -OCH3 is 2. The summed E-state index contributed by atoms with van der Waals surface area (Å²) in [6.07, 6.45) is 0.830. The van der Waals surface area contributed by atoms with Gasteiger partial charge in [-0.1, -0.05) is 97.1 Å². The third kappa shape index (κ3) is 8.28. The summed E-state index contributed by atoms with van der Waals surface area (Å²) >= 11 is 0. The Balaban J connectivity index is 1.24. The van der Waals surface area contributed by atoms with E-state index in [9.17, 15) is 4.79 Å². The molecule has 1 fully saturated rings. The second kappa shape index (κ2) is 15.9. The number of hydrogen-bond donors (Lipinski definition) is 0. The van der Waals surface area contributed by atoms with Crippen molar-refractivity contribution in [1.82, 2.24) is 0 Å². The molecule has 5 aromatic rings. The van der Waals surface area contributed by atoms with Gasteiger partial charge >= 0.3 is 5.97 Å². The van der Waals surface area contributed by atoms with Crippen molar-refractivity contribution < 1.29 is 37.3 Å². The lowest BCUT2D eigenvalue weighted by Crippen LogP contribution is -2.21. The molecule has 6 rings (SSSR count). The number of hydrogen-bond acceptors (Lipinski definition) is 7. The summed E-state index contributed by atoms with van der Waals surface area (Å²) in [4.78, 5) is 13.2. The zero-order valence-electron chi connectivity index (χ0n) is 29.8. The quantitative estimate of drug-likeness (QED) is 0.107. The summed E-state index contributed by atoms with van der Waals surface area (Å²) < 4.78 is 58.9. The van der Waals surface area contributed by atoms with Gasteiger partial charge < -0.3 is 28.4 Å². The molecule has 0 saturated carbocycles. The molecule has 48 heavy (non-hydrogen) atoms. The van der Waals surface area contributed by atoms with E-state index in [0.717, 1.165) is 22.3 Å². The number of ether oxygens (including phenoxy) is 6. The van der Waals surface area contributed by atoms with Crippen molar-refractivity contribution >= 4 is 5.97 Å². The van der Waals surface area contributed by atoms with E-state index in [1.807, 2.05) is 109 Å². The smallest absolute Gasteiger partial charge is 0.309 e. The van der Waals surface area contributed by atoms with Crippen LogP contribution in [0.15, 0.2) is 121 Å². The third-order valence-electron chi connectivity index (χ3n) is 8.38. The maximum absolute atomic E-state index is 13.2. The van der Waals surface area contributed by atoms with Crippen LogP contribution in [0.2, 0.25) is 0 Å². The van der Waals surface area contributed by atoms with E-state index in [2.05, 4.69) is 0 Å². The molecular weight excluding hydrogens is 604 g/mol. The molecule has 2 atom stereocenters. The molecule has 0 aliphatic carbocycles. The minimum atomic E-state index is -2.76. The van der Waals surface area contributed by atoms with Gasteiger partial charge in [-0.05, 0) is 64.9 Å². The molecule has 0 radical (unpaired) electrons. The van der Waals surface area contributed by atoms with Crippen molar-refractivity contribution in [2.24, 2.45) is 11.8 Å². The normalized spacial score (nSPS) is 16.6. The average molecular weight is 648 g/mol. The van der Waals surface area contributed by atoms with Crippen molar-refractivity contribution in [3.05, 3.63) is 149 Å². The minimum Gasteiger partial charge on any atom is -0.493 e. The van der Waals surface area contributed by atoms with Crippen molar-refractivity contribution in [3.63, 3.8) is 0 Å². The van der Waals surface area contributed by atoms with Crippen LogP contribution in [0.3, 0.4) is 0 Å². The second-order valence-corrected chi connectivity index (χ2v) is 11.7. The molecular formula is C41H40O7. The summed E-state index contributed by atoms with van der Waals surface area (Å²) in [6, 6.07) is 38.2. The molecule has 7 nitrogen and oxygen atoms in total. The molecule has 2 unspecified atom stereocenters. The second-order valence-electron chi connectivity index (χ2n) is 11.7. The zero-order chi connectivity index (χ0) is 35.6. The molecule has 246 valence electrons. The SMILES string of the molecule is [2H]C([2H])([2H])Oc1cc(CC2C(=O)OCC2Cc2ccc(OCc3ccccc3)c(OC)c2)cc(OCc2ccccc2)c1OCc1ccccc1. The Bertz CT molecular complexity index is 1880. The van der Waals surface area contributed by atoms with Crippen LogP contribution in [0.1, 0.15) is 31.9 Å². The topological polar surface area (TPSA) is 72.5 Å². The fourth-order valence-electron chi connectivity index (χ4n) is 5.85. The molecule has 1 aliphatic rings. The molecule has 1 saturated heterocycles. The Morgan fingerprint density at radius 1 is 0.604 bits per heavy atom. The van der Waals surface area contributed by atoms with E-state index < -0.39 is 13.0 Å². The fourth-order valence-corrected chi connectivity index (χ4v) is 5.85. The maximum atomic E-state index is 13.2. The van der Waals surface area contributed by atoms with Crippen LogP contribution in [0, 0.1) is 11.8 Å². The van der Waals surface area contributed by atoms with E-state index in [-0.39, 0.29) is 49.6 Å². The largest absolute Gasteiger partial charge is 0.493 e. The summed E-state index contributed by atoms with van der Waals surface area (Å²) in [5, 5.41) is 0. The van der Waals surface area contributed by atoms with Crippen molar-refractivity contribution in [2.45, 2.75) is 32.7 Å². The molecule has 0 aromatic heterocycles. The lowest BCUT2D eigenvalue weighted by Gasteiger charge is -2.20. The first-order valence-corrected chi connectivity index (χ1v) is 15.9. The Kier molecular flexibility index (Phi) is 9.54. The van der Waals surface area contributed by atoms with Crippen molar-refractivity contribution in [1.29, 1.82) is 0 Å². The first-order valence-electron chi connectivity index (χ1n) is 17.4. The Hall–Kier alpha value is -5.43. The van der Waals surface area contributed by atoms with Gasteiger partial charge in [-0.3, -0.25) is 4.79 Å². The lowest BCUT2D eigenvalue weighted by molar-refractivity contribution is -0.141. The summed E-state index contributed by atoms with van der Waals surface area (Å²) in [6.45, 7) is 1.03. The van der Waals surface area contributed by atoms with Crippen LogP contribution in [-0.4, -0.2) is 26.7 Å². The van der Waals surface area contributed by atoms with Gasteiger partial charge in [0.15, 0.2) is 23.0 Å². The standard InChI is InChI=1S/C41H40O7/c1-43-37-22-32(18-19-36(37)45-25-29-12-6-3-7-13-29)20-34-28-48-41(42)35(34)21-33-23-38(44-2)40(47-27-31-16-10-5-11-17-31)39(24-33)46-26-30-14-8-4-9-15-30/h3-19,22-24,34-35H,20-21,25-28H2,1-2H3/i2D3. The first-order chi connectivity index (χ1) is 24.7. The average Bonchev–Trinajstić information content (AvgIpc) is 3.47. The van der Waals surface area contributed by atoms with Gasteiger partial charge in [0, 0.05) is 5.92 Å². The first kappa shape index (κ1) is 28.8. The van der Waals surface area contributed by atoms with Crippen LogP contribution in [-0.2, 0) is 42.2 Å². The Morgan fingerprint density at radius 3 is 1.77 bits per heavy atom. The number of rotatable bonds is 15. The number of carbonyl (C=O) groups excluding carboxylic acids is 1. The van der Waals surface area contributed by atoms with Crippen LogP contribution < -0.4 is 23.7 Å².